The van der Waals surface area contributed by atoms with Crippen LogP contribution in [0, 0.1) is 0 Å². The van der Waals surface area contributed by atoms with Crippen LogP contribution in [0.2, 0.25) is 5.02 Å². The number of amides is 2. The van der Waals surface area contributed by atoms with Crippen molar-refractivity contribution in [2.75, 3.05) is 38.0 Å². The van der Waals surface area contributed by atoms with Crippen LogP contribution >= 0.6 is 11.6 Å². The van der Waals surface area contributed by atoms with Crippen molar-refractivity contribution in [1.82, 2.24) is 20.1 Å². The Hall–Kier alpha value is -4.35. The number of carbonyl (C=O) groups is 2. The summed E-state index contributed by atoms with van der Waals surface area (Å²) >= 11 is 6.46. The molecule has 0 saturated carbocycles. The van der Waals surface area contributed by atoms with Gasteiger partial charge in [-0.3, -0.25) is 9.59 Å². The number of nitrogens with one attached hydrogen (secondary N) is 1. The molecule has 2 aliphatic carbocycles. The van der Waals surface area contributed by atoms with E-state index in [1.54, 1.807) is 10.7 Å². The Kier molecular flexibility index (Phi) is 6.43. The number of rotatable bonds is 5. The lowest BCUT2D eigenvalue weighted by molar-refractivity contribution is 0.0922. The highest BCUT2D eigenvalue weighted by Crippen LogP contribution is 2.43. The van der Waals surface area contributed by atoms with E-state index < -0.39 is 11.4 Å². The molecule has 216 valence electrons. The second-order valence-electron chi connectivity index (χ2n) is 11.0. The maximum atomic E-state index is 13.6. The maximum absolute atomic E-state index is 13.6. The van der Waals surface area contributed by atoms with Gasteiger partial charge in [-0.25, -0.2) is 9.67 Å². The molecule has 7 rings (SSSR count). The molecule has 2 amide bonds. The third-order valence-electron chi connectivity index (χ3n) is 8.15. The largest absolute Gasteiger partial charge is 0.454 e. The van der Waals surface area contributed by atoms with Crippen LogP contribution in [0.5, 0.6) is 11.5 Å². The summed E-state index contributed by atoms with van der Waals surface area (Å²) in [4.78, 5) is 32.6. The smallest absolute Gasteiger partial charge is 0.269 e. The average molecular weight is 589 g/mol. The number of hydrogen-bond acceptors (Lipinski definition) is 8. The maximum Gasteiger partial charge on any atom is 0.269 e. The number of nitrogens with zero attached hydrogens (tertiary/aromatic N) is 4. The average Bonchev–Trinajstić information content (AvgIpc) is 3.62. The Balaban J connectivity index is 1.21. The quantitative estimate of drug-likeness (QED) is 0.463. The fourth-order valence-electron chi connectivity index (χ4n) is 6.03. The highest BCUT2D eigenvalue weighted by Gasteiger charge is 2.37. The summed E-state index contributed by atoms with van der Waals surface area (Å²) in [6, 6.07) is 7.27. The molecule has 12 heteroatoms. The molecule has 42 heavy (non-hydrogen) atoms. The van der Waals surface area contributed by atoms with Crippen molar-refractivity contribution in [3.63, 3.8) is 0 Å². The molecule has 11 nitrogen and oxygen atoms in total. The molecule has 0 radical (unpaired) electrons. The van der Waals surface area contributed by atoms with Crippen molar-refractivity contribution < 1.29 is 23.8 Å². The Labute approximate surface area is 246 Å². The first-order chi connectivity index (χ1) is 20.3. The Morgan fingerprint density at radius 1 is 1.12 bits per heavy atom. The minimum Gasteiger partial charge on any atom is -0.454 e. The zero-order valence-corrected chi connectivity index (χ0v) is 23.7. The van der Waals surface area contributed by atoms with Gasteiger partial charge in [-0.1, -0.05) is 23.8 Å². The van der Waals surface area contributed by atoms with Crippen molar-refractivity contribution in [3.05, 3.63) is 75.7 Å². The summed E-state index contributed by atoms with van der Waals surface area (Å²) in [5, 5.41) is 8.14. The lowest BCUT2D eigenvalue weighted by atomic mass is 9.77. The molecule has 1 fully saturated rings. The predicted molar refractivity (Wildman–Crippen MR) is 155 cm³/mol. The molecule has 0 spiro atoms. The Bertz CT molecular complexity index is 1690. The van der Waals surface area contributed by atoms with E-state index in [9.17, 15) is 9.59 Å². The van der Waals surface area contributed by atoms with Gasteiger partial charge in [-0.05, 0) is 49.1 Å². The van der Waals surface area contributed by atoms with E-state index in [1.165, 1.54) is 6.20 Å². The molecule has 3 aromatic rings. The van der Waals surface area contributed by atoms with Gasteiger partial charge in [0.05, 0.1) is 40.7 Å². The molecule has 1 saturated heterocycles. The number of ether oxygens (including phenoxy) is 3. The summed E-state index contributed by atoms with van der Waals surface area (Å²) in [6.45, 7) is 4.71. The molecule has 2 aliphatic heterocycles. The molecular formula is C30H29ClN6O5. The van der Waals surface area contributed by atoms with Crippen molar-refractivity contribution in [2.24, 2.45) is 5.73 Å². The summed E-state index contributed by atoms with van der Waals surface area (Å²) in [7, 11) is 0. The highest BCUT2D eigenvalue weighted by molar-refractivity contribution is 6.33. The van der Waals surface area contributed by atoms with Crippen molar-refractivity contribution in [2.45, 2.75) is 31.7 Å². The second kappa shape index (κ2) is 10.2. The molecule has 0 bridgehead atoms. The van der Waals surface area contributed by atoms with E-state index in [0.29, 0.717) is 62.0 Å². The zero-order valence-electron chi connectivity index (χ0n) is 23.0. The first kappa shape index (κ1) is 26.5. The number of benzene rings is 1. The van der Waals surface area contributed by atoms with Gasteiger partial charge in [0.2, 0.25) is 6.79 Å². The van der Waals surface area contributed by atoms with Crippen LogP contribution in [-0.4, -0.2) is 65.2 Å². The first-order valence-corrected chi connectivity index (χ1v) is 14.2. The molecule has 3 N–H and O–H groups in total. The number of allylic oxidation sites excluding steroid dienone is 2. The number of primary amides is 1. The van der Waals surface area contributed by atoms with Crippen LogP contribution in [0.1, 0.15) is 51.9 Å². The number of morpholine rings is 1. The molecule has 4 aliphatic rings. The number of pyridine rings is 1. The van der Waals surface area contributed by atoms with Crippen LogP contribution in [0.4, 0.5) is 5.82 Å². The number of anilines is 1. The van der Waals surface area contributed by atoms with E-state index in [2.05, 4.69) is 26.4 Å². The number of aromatic nitrogens is 3. The molecule has 2 aromatic heterocycles. The molecule has 1 atom stereocenters. The molecule has 1 aromatic carbocycles. The van der Waals surface area contributed by atoms with Crippen LogP contribution in [0.3, 0.4) is 0 Å². The van der Waals surface area contributed by atoms with E-state index in [1.807, 2.05) is 31.2 Å². The van der Waals surface area contributed by atoms with Crippen molar-refractivity contribution >= 4 is 34.8 Å². The third-order valence-corrected chi connectivity index (χ3v) is 8.45. The fourth-order valence-corrected chi connectivity index (χ4v) is 6.22. The van der Waals surface area contributed by atoms with Crippen molar-refractivity contribution in [3.8, 4) is 17.2 Å². The number of fused-ring (bicyclic) bond motifs is 3. The Morgan fingerprint density at radius 3 is 2.74 bits per heavy atom. The van der Waals surface area contributed by atoms with Gasteiger partial charge in [-0.2, -0.15) is 5.10 Å². The number of carbonyl (C=O) groups excluding carboxylic acids is 2. The third kappa shape index (κ3) is 4.58. The predicted octanol–water partition coefficient (Wildman–Crippen LogP) is 3.43. The van der Waals surface area contributed by atoms with Crippen LogP contribution in [0.15, 0.2) is 48.2 Å². The van der Waals surface area contributed by atoms with Gasteiger partial charge in [0.25, 0.3) is 11.8 Å². The summed E-state index contributed by atoms with van der Waals surface area (Å²) in [6.07, 6.45) is 7.42. The lowest BCUT2D eigenvalue weighted by Crippen LogP contribution is -2.46. The molecular weight excluding hydrogens is 560 g/mol. The van der Waals surface area contributed by atoms with Gasteiger partial charge in [0, 0.05) is 37.3 Å². The van der Waals surface area contributed by atoms with E-state index >= 15 is 0 Å². The number of nitrogens with two attached hydrogens (primary N) is 1. The van der Waals surface area contributed by atoms with Crippen LogP contribution in [0.25, 0.3) is 11.3 Å². The zero-order chi connectivity index (χ0) is 29.0. The van der Waals surface area contributed by atoms with E-state index in [4.69, 9.17) is 31.5 Å². The SMILES string of the molecule is CC1(NC(=O)c2cc(N3CCOCC3)ncc2Cl)C=CC2=C(C1)c1c(c(C(N)=O)nn1-c1ccc3c(c1)OCO3)CC2. The fraction of sp³-hybridized carbons (Fsp3) is 0.333. The highest BCUT2D eigenvalue weighted by atomic mass is 35.5. The minimum absolute atomic E-state index is 0.149. The lowest BCUT2D eigenvalue weighted by Gasteiger charge is -2.35. The van der Waals surface area contributed by atoms with Crippen molar-refractivity contribution in [1.29, 1.82) is 0 Å². The van der Waals surface area contributed by atoms with Gasteiger partial charge >= 0.3 is 0 Å². The van der Waals surface area contributed by atoms with Gasteiger partial charge in [-0.15, -0.1) is 0 Å². The van der Waals surface area contributed by atoms with E-state index in [-0.39, 0.29) is 23.4 Å². The summed E-state index contributed by atoms with van der Waals surface area (Å²) < 4.78 is 18.3. The van der Waals surface area contributed by atoms with Crippen LogP contribution < -0.4 is 25.4 Å². The van der Waals surface area contributed by atoms with Gasteiger partial charge in [0.15, 0.2) is 17.2 Å². The van der Waals surface area contributed by atoms with Crippen LogP contribution in [-0.2, 0) is 11.2 Å². The monoisotopic (exact) mass is 588 g/mol. The first-order valence-electron chi connectivity index (χ1n) is 13.8. The summed E-state index contributed by atoms with van der Waals surface area (Å²) in [5.74, 6) is 1.06. The topological polar surface area (TPSA) is 134 Å². The van der Waals surface area contributed by atoms with Gasteiger partial charge < -0.3 is 30.2 Å². The molecule has 4 heterocycles. The normalized spacial score (nSPS) is 20.8. The standard InChI is InChI=1S/C30H29ClN6O5/c1-30(34-29(39)20-13-25(33-15-22(20)31)36-8-10-40-11-9-36)7-6-17-2-4-19-26(28(32)38)35-37(27(19)21(17)14-30)18-3-5-23-24(12-18)42-16-41-23/h3,5-7,12-13,15H,2,4,8-11,14,16H2,1H3,(H2,32,38)(H,34,39). The van der Waals surface area contributed by atoms with E-state index in [0.717, 1.165) is 34.5 Å². The number of halogens is 1. The minimum atomic E-state index is -0.743. The summed E-state index contributed by atoms with van der Waals surface area (Å²) in [5.41, 5.74) is 10.1. The van der Waals surface area contributed by atoms with Gasteiger partial charge in [0.1, 0.15) is 5.82 Å². The second-order valence-corrected chi connectivity index (χ2v) is 11.4. The Morgan fingerprint density at radius 2 is 1.93 bits per heavy atom. The number of hydrogen-bond donors (Lipinski definition) is 2. The molecule has 1 unspecified atom stereocenters.